The van der Waals surface area contributed by atoms with Gasteiger partial charge in [0.15, 0.2) is 5.76 Å². The van der Waals surface area contributed by atoms with Crippen molar-refractivity contribution >= 4 is 11.9 Å². The number of halogens is 3. The molecule has 2 aromatic rings. The number of carboxylic acid groups (broad SMARTS) is 1. The molecule has 32 heavy (non-hydrogen) atoms. The van der Waals surface area contributed by atoms with E-state index in [1.807, 2.05) is 36.2 Å². The second kappa shape index (κ2) is 9.72. The Bertz CT molecular complexity index is 931. The first-order valence-electron chi connectivity index (χ1n) is 10.2. The van der Waals surface area contributed by atoms with Crippen molar-refractivity contribution in [1.29, 1.82) is 0 Å². The Labute approximate surface area is 183 Å². The molecule has 0 spiro atoms. The molecule has 0 bridgehead atoms. The van der Waals surface area contributed by atoms with Gasteiger partial charge in [-0.2, -0.15) is 13.2 Å². The largest absolute Gasteiger partial charge is 0.490 e. The highest BCUT2D eigenvalue weighted by Crippen LogP contribution is 2.49. The first-order chi connectivity index (χ1) is 15.1. The van der Waals surface area contributed by atoms with E-state index in [-0.39, 0.29) is 11.3 Å². The van der Waals surface area contributed by atoms with E-state index >= 15 is 0 Å². The molecule has 2 atom stereocenters. The molecule has 7 nitrogen and oxygen atoms in total. The Morgan fingerprint density at radius 1 is 1.38 bits per heavy atom. The number of hydrogen-bond acceptors (Lipinski definition) is 5. The fourth-order valence-electron chi connectivity index (χ4n) is 4.40. The zero-order valence-electron chi connectivity index (χ0n) is 17.6. The molecule has 1 N–H and O–H groups in total. The molecule has 1 amide bonds. The number of aliphatic carboxylic acids is 1. The molecule has 0 radical (unpaired) electrons. The third-order valence-corrected chi connectivity index (χ3v) is 6.01. The highest BCUT2D eigenvalue weighted by molar-refractivity contribution is 5.93. The third-order valence-electron chi connectivity index (χ3n) is 6.01. The van der Waals surface area contributed by atoms with Crippen LogP contribution >= 0.6 is 0 Å². The molecule has 3 heterocycles. The summed E-state index contributed by atoms with van der Waals surface area (Å²) in [6.45, 7) is 4.78. The molecule has 1 aliphatic carbocycles. The maximum absolute atomic E-state index is 12.8. The van der Waals surface area contributed by atoms with Crippen LogP contribution in [0.15, 0.2) is 41.3 Å². The molecule has 2 aromatic heterocycles. The molecule has 10 heteroatoms. The summed E-state index contributed by atoms with van der Waals surface area (Å²) in [4.78, 5) is 27.8. The summed E-state index contributed by atoms with van der Waals surface area (Å²) in [5.41, 5.74) is 2.09. The number of nitrogens with zero attached hydrogens (tertiary/aromatic N) is 2. The van der Waals surface area contributed by atoms with E-state index in [9.17, 15) is 18.0 Å². The van der Waals surface area contributed by atoms with Crippen molar-refractivity contribution in [3.63, 3.8) is 0 Å². The maximum Gasteiger partial charge on any atom is 0.490 e. The molecule has 1 aliphatic heterocycles. The minimum atomic E-state index is -5.08. The van der Waals surface area contributed by atoms with E-state index in [1.54, 1.807) is 12.5 Å². The van der Waals surface area contributed by atoms with Gasteiger partial charge < -0.3 is 19.2 Å². The van der Waals surface area contributed by atoms with Crippen LogP contribution in [0, 0.1) is 18.3 Å². The zero-order valence-corrected chi connectivity index (χ0v) is 17.6. The van der Waals surface area contributed by atoms with E-state index in [2.05, 4.69) is 4.98 Å². The van der Waals surface area contributed by atoms with Gasteiger partial charge in [0.2, 0.25) is 0 Å². The smallest absolute Gasteiger partial charge is 0.475 e. The van der Waals surface area contributed by atoms with Gasteiger partial charge in [-0.05, 0) is 43.4 Å². The standard InChI is InChI=1S/C20H24N2O3.C2HF3O2/c1-15-6-9-25-18(15)19(23)22-11-17-5-2-7-20(17,13-22)14-24-12-16-4-3-8-21-10-16;3-2(4,5)1(6)7/h3-4,6,8-10,17H,2,5,7,11-14H2,1H3;(H,6,7)/t17-,20+;/m1./s1. The number of fused-ring (bicyclic) bond motifs is 1. The van der Waals surface area contributed by atoms with Gasteiger partial charge in [0.25, 0.3) is 5.91 Å². The van der Waals surface area contributed by atoms with E-state index < -0.39 is 12.1 Å². The number of aryl methyl sites for hydroxylation is 1. The molecule has 174 valence electrons. The van der Waals surface area contributed by atoms with Crippen LogP contribution in [0.1, 0.15) is 40.9 Å². The van der Waals surface area contributed by atoms with Crippen LogP contribution in [0.2, 0.25) is 0 Å². The number of hydrogen-bond donors (Lipinski definition) is 1. The van der Waals surface area contributed by atoms with Crippen molar-refractivity contribution in [2.45, 2.75) is 39.0 Å². The molecule has 0 aromatic carbocycles. The lowest BCUT2D eigenvalue weighted by molar-refractivity contribution is -0.192. The maximum atomic E-state index is 12.8. The minimum Gasteiger partial charge on any atom is -0.475 e. The Balaban J connectivity index is 0.000000360. The monoisotopic (exact) mass is 454 g/mol. The number of rotatable bonds is 5. The minimum absolute atomic E-state index is 0.0172. The van der Waals surface area contributed by atoms with Crippen LogP contribution in [0.5, 0.6) is 0 Å². The predicted octanol–water partition coefficient (Wildman–Crippen LogP) is 4.08. The van der Waals surface area contributed by atoms with Crippen molar-refractivity contribution in [2.24, 2.45) is 11.3 Å². The number of carboxylic acids is 1. The van der Waals surface area contributed by atoms with Crippen molar-refractivity contribution < 1.29 is 37.0 Å². The van der Waals surface area contributed by atoms with Crippen molar-refractivity contribution in [3.8, 4) is 0 Å². The Morgan fingerprint density at radius 3 is 2.72 bits per heavy atom. The third kappa shape index (κ3) is 5.48. The summed E-state index contributed by atoms with van der Waals surface area (Å²) in [6.07, 6.45) is 3.65. The summed E-state index contributed by atoms with van der Waals surface area (Å²) < 4.78 is 43.2. The van der Waals surface area contributed by atoms with E-state index in [4.69, 9.17) is 19.1 Å². The van der Waals surface area contributed by atoms with Gasteiger partial charge >= 0.3 is 12.1 Å². The van der Waals surface area contributed by atoms with Crippen LogP contribution in [-0.4, -0.2) is 52.7 Å². The summed E-state index contributed by atoms with van der Waals surface area (Å²) >= 11 is 0. The van der Waals surface area contributed by atoms with Gasteiger partial charge in [-0.15, -0.1) is 0 Å². The van der Waals surface area contributed by atoms with Gasteiger partial charge in [0.05, 0.1) is 19.5 Å². The quantitative estimate of drug-likeness (QED) is 0.732. The van der Waals surface area contributed by atoms with Crippen molar-refractivity contribution in [1.82, 2.24) is 9.88 Å². The number of pyridine rings is 1. The zero-order chi connectivity index (χ0) is 23.4. The number of amides is 1. The topological polar surface area (TPSA) is 92.9 Å². The highest BCUT2D eigenvalue weighted by Gasteiger charge is 2.51. The summed E-state index contributed by atoms with van der Waals surface area (Å²) in [7, 11) is 0. The molecular formula is C22H25F3N2O5. The van der Waals surface area contributed by atoms with Crippen LogP contribution in [0.4, 0.5) is 13.2 Å². The number of furan rings is 1. The second-order valence-electron chi connectivity index (χ2n) is 8.23. The fourth-order valence-corrected chi connectivity index (χ4v) is 4.40. The lowest BCUT2D eigenvalue weighted by atomic mass is 9.81. The number of likely N-dealkylation sites (tertiary alicyclic amines) is 1. The van der Waals surface area contributed by atoms with E-state index in [0.717, 1.165) is 30.6 Å². The molecule has 4 rings (SSSR count). The molecular weight excluding hydrogens is 429 g/mol. The number of carbonyl (C=O) groups is 2. The summed E-state index contributed by atoms with van der Waals surface area (Å²) in [6, 6.07) is 5.80. The van der Waals surface area contributed by atoms with Gasteiger partial charge in [0, 0.05) is 36.5 Å². The Kier molecular flexibility index (Phi) is 7.22. The molecule has 1 saturated heterocycles. The first kappa shape index (κ1) is 23.8. The highest BCUT2D eigenvalue weighted by atomic mass is 19.4. The van der Waals surface area contributed by atoms with Gasteiger partial charge in [-0.25, -0.2) is 4.79 Å². The van der Waals surface area contributed by atoms with Crippen molar-refractivity contribution in [3.05, 3.63) is 53.7 Å². The normalized spacial score (nSPS) is 22.2. The Hall–Kier alpha value is -2.88. The second-order valence-corrected chi connectivity index (χ2v) is 8.23. The summed E-state index contributed by atoms with van der Waals surface area (Å²) in [5.74, 6) is -1.73. The number of ether oxygens (including phenoxy) is 1. The van der Waals surface area contributed by atoms with E-state index in [1.165, 1.54) is 12.8 Å². The number of carbonyl (C=O) groups excluding carboxylic acids is 1. The fraction of sp³-hybridized carbons (Fsp3) is 0.500. The van der Waals surface area contributed by atoms with Crippen molar-refractivity contribution in [2.75, 3.05) is 19.7 Å². The first-order valence-corrected chi connectivity index (χ1v) is 10.2. The van der Waals surface area contributed by atoms with E-state index in [0.29, 0.717) is 24.9 Å². The van der Waals surface area contributed by atoms with Crippen LogP contribution < -0.4 is 0 Å². The molecule has 2 aliphatic rings. The molecule has 2 fully saturated rings. The molecule has 1 saturated carbocycles. The van der Waals surface area contributed by atoms with Crippen LogP contribution in [-0.2, 0) is 16.1 Å². The van der Waals surface area contributed by atoms with Gasteiger partial charge in [-0.3, -0.25) is 9.78 Å². The average molecular weight is 454 g/mol. The lowest BCUT2D eigenvalue weighted by Gasteiger charge is -2.28. The van der Waals surface area contributed by atoms with Gasteiger partial charge in [-0.1, -0.05) is 12.5 Å². The average Bonchev–Trinajstić information content (AvgIpc) is 3.42. The number of aromatic nitrogens is 1. The van der Waals surface area contributed by atoms with Gasteiger partial charge in [0.1, 0.15) is 0 Å². The SMILES string of the molecule is Cc1ccoc1C(=O)N1C[C@H]2CCC[C@@]2(COCc2cccnc2)C1.O=C(O)C(F)(F)F. The predicted molar refractivity (Wildman–Crippen MR) is 107 cm³/mol. The van der Waals surface area contributed by atoms with Crippen LogP contribution in [0.3, 0.4) is 0 Å². The lowest BCUT2D eigenvalue weighted by Crippen LogP contribution is -2.34. The summed E-state index contributed by atoms with van der Waals surface area (Å²) in [5, 5.41) is 7.12. The molecule has 0 unspecified atom stereocenters. The van der Waals surface area contributed by atoms with Crippen LogP contribution in [0.25, 0.3) is 0 Å². The number of alkyl halides is 3. The Morgan fingerprint density at radius 2 is 2.12 bits per heavy atom.